The lowest BCUT2D eigenvalue weighted by Crippen LogP contribution is -2.15. The molecule has 1 heterocycles. The minimum absolute atomic E-state index is 0.218. The van der Waals surface area contributed by atoms with Gasteiger partial charge in [0.05, 0.1) is 17.1 Å². The molecule has 1 aromatic heterocycles. The van der Waals surface area contributed by atoms with Crippen LogP contribution >= 0.6 is 0 Å². The predicted octanol–water partition coefficient (Wildman–Crippen LogP) is 2.75. The number of aryl methyl sites for hydroxylation is 5. The van der Waals surface area contributed by atoms with Gasteiger partial charge in [0.1, 0.15) is 4.90 Å². The lowest BCUT2D eigenvalue weighted by Gasteiger charge is -2.13. The second-order valence-electron chi connectivity index (χ2n) is 5.12. The van der Waals surface area contributed by atoms with Crippen LogP contribution in [0, 0.1) is 34.6 Å². The Bertz CT molecular complexity index is 741. The fourth-order valence-corrected chi connectivity index (χ4v) is 3.70. The van der Waals surface area contributed by atoms with Crippen molar-refractivity contribution in [2.24, 2.45) is 0 Å². The molecule has 2 rings (SSSR count). The Morgan fingerprint density at radius 1 is 1.00 bits per heavy atom. The van der Waals surface area contributed by atoms with Gasteiger partial charge >= 0.3 is 0 Å². The van der Waals surface area contributed by atoms with Gasteiger partial charge in [-0.25, -0.2) is 8.42 Å². The zero-order chi connectivity index (χ0) is 15.1. The number of rotatable bonds is 3. The molecule has 0 radical (unpaired) electrons. The molecule has 0 bridgehead atoms. The van der Waals surface area contributed by atoms with Gasteiger partial charge in [0.2, 0.25) is 0 Å². The highest BCUT2D eigenvalue weighted by atomic mass is 32.2. The van der Waals surface area contributed by atoms with Crippen LogP contribution in [-0.2, 0) is 10.0 Å². The molecule has 6 heteroatoms. The van der Waals surface area contributed by atoms with Crippen LogP contribution in [0.1, 0.15) is 28.1 Å². The van der Waals surface area contributed by atoms with E-state index in [4.69, 9.17) is 0 Å². The van der Waals surface area contributed by atoms with Crippen molar-refractivity contribution >= 4 is 15.7 Å². The van der Waals surface area contributed by atoms with E-state index in [-0.39, 0.29) is 4.90 Å². The molecule has 2 N–H and O–H groups in total. The number of anilines is 1. The summed E-state index contributed by atoms with van der Waals surface area (Å²) in [4.78, 5) is 0.218. The van der Waals surface area contributed by atoms with Gasteiger partial charge in [-0.15, -0.1) is 0 Å². The number of aromatic amines is 1. The molecule has 0 fully saturated rings. The standard InChI is InChI=1S/C14H19N3O2S/c1-8-6-10(3)13(7-9(8)2)17-20(18,19)14-11(4)15-16-12(14)5/h6-7,17H,1-5H3,(H,15,16). The number of hydrogen-bond donors (Lipinski definition) is 2. The van der Waals surface area contributed by atoms with Crippen molar-refractivity contribution in [1.82, 2.24) is 10.2 Å². The molecule has 5 nitrogen and oxygen atoms in total. The number of sulfonamides is 1. The van der Waals surface area contributed by atoms with Crippen LogP contribution in [0.4, 0.5) is 5.69 Å². The van der Waals surface area contributed by atoms with E-state index >= 15 is 0 Å². The molecule has 2 aromatic rings. The molecule has 0 aliphatic carbocycles. The summed E-state index contributed by atoms with van der Waals surface area (Å²) >= 11 is 0. The predicted molar refractivity (Wildman–Crippen MR) is 79.5 cm³/mol. The number of benzene rings is 1. The highest BCUT2D eigenvalue weighted by Gasteiger charge is 2.23. The van der Waals surface area contributed by atoms with E-state index < -0.39 is 10.0 Å². The Morgan fingerprint density at radius 2 is 1.60 bits per heavy atom. The first-order chi connectivity index (χ1) is 9.22. The van der Waals surface area contributed by atoms with Crippen molar-refractivity contribution < 1.29 is 8.42 Å². The Labute approximate surface area is 119 Å². The van der Waals surface area contributed by atoms with Crippen LogP contribution < -0.4 is 4.72 Å². The summed E-state index contributed by atoms with van der Waals surface area (Å²) in [5.74, 6) is 0. The molecule has 1 aromatic carbocycles. The second kappa shape index (κ2) is 4.94. The average Bonchev–Trinajstić information content (AvgIpc) is 2.66. The van der Waals surface area contributed by atoms with E-state index in [9.17, 15) is 8.42 Å². The molecule has 0 amide bonds. The van der Waals surface area contributed by atoms with Crippen LogP contribution in [0.25, 0.3) is 0 Å². The van der Waals surface area contributed by atoms with Crippen molar-refractivity contribution in [3.63, 3.8) is 0 Å². The summed E-state index contributed by atoms with van der Waals surface area (Å²) in [7, 11) is -3.63. The fraction of sp³-hybridized carbons (Fsp3) is 0.357. The van der Waals surface area contributed by atoms with E-state index in [1.165, 1.54) is 0 Å². The smallest absolute Gasteiger partial charge is 0.265 e. The molecule has 0 unspecified atom stereocenters. The lowest BCUT2D eigenvalue weighted by molar-refractivity contribution is 0.600. The van der Waals surface area contributed by atoms with E-state index in [2.05, 4.69) is 14.9 Å². The molecule has 0 aliphatic rings. The van der Waals surface area contributed by atoms with Crippen molar-refractivity contribution in [1.29, 1.82) is 0 Å². The van der Waals surface area contributed by atoms with E-state index in [0.29, 0.717) is 17.1 Å². The van der Waals surface area contributed by atoms with Crippen LogP contribution in [0.3, 0.4) is 0 Å². The first kappa shape index (κ1) is 14.6. The molecule has 0 atom stereocenters. The zero-order valence-corrected chi connectivity index (χ0v) is 13.1. The molecule has 108 valence electrons. The molecule has 20 heavy (non-hydrogen) atoms. The van der Waals surface area contributed by atoms with Gasteiger partial charge in [0.25, 0.3) is 10.0 Å². The Balaban J connectivity index is 2.47. The summed E-state index contributed by atoms with van der Waals surface area (Å²) in [5.41, 5.74) is 4.70. The first-order valence-corrected chi connectivity index (χ1v) is 7.83. The van der Waals surface area contributed by atoms with Crippen LogP contribution in [0.5, 0.6) is 0 Å². The quantitative estimate of drug-likeness (QED) is 0.913. The summed E-state index contributed by atoms with van der Waals surface area (Å²) < 4.78 is 27.6. The van der Waals surface area contributed by atoms with Crippen LogP contribution in [-0.4, -0.2) is 18.6 Å². The fourth-order valence-electron chi connectivity index (χ4n) is 2.20. The number of nitrogens with zero attached hydrogens (tertiary/aromatic N) is 1. The van der Waals surface area contributed by atoms with Gasteiger partial charge in [0, 0.05) is 0 Å². The summed E-state index contributed by atoms with van der Waals surface area (Å²) in [5, 5.41) is 6.63. The van der Waals surface area contributed by atoms with Crippen molar-refractivity contribution in [2.45, 2.75) is 39.5 Å². The minimum Gasteiger partial charge on any atom is -0.281 e. The molecular formula is C14H19N3O2S. The molecule has 0 saturated carbocycles. The van der Waals surface area contributed by atoms with Gasteiger partial charge < -0.3 is 0 Å². The summed E-state index contributed by atoms with van der Waals surface area (Å²) in [6.07, 6.45) is 0. The van der Waals surface area contributed by atoms with Gasteiger partial charge in [-0.1, -0.05) is 6.07 Å². The molecular weight excluding hydrogens is 274 g/mol. The second-order valence-corrected chi connectivity index (χ2v) is 6.74. The van der Waals surface area contributed by atoms with Crippen molar-refractivity contribution in [3.05, 3.63) is 40.2 Å². The van der Waals surface area contributed by atoms with Gasteiger partial charge in [0.15, 0.2) is 0 Å². The lowest BCUT2D eigenvalue weighted by atomic mass is 10.1. The topological polar surface area (TPSA) is 74.8 Å². The molecule has 0 aliphatic heterocycles. The van der Waals surface area contributed by atoms with Gasteiger partial charge in [-0.2, -0.15) is 5.10 Å². The van der Waals surface area contributed by atoms with Crippen molar-refractivity contribution in [3.8, 4) is 0 Å². The monoisotopic (exact) mass is 293 g/mol. The highest BCUT2D eigenvalue weighted by molar-refractivity contribution is 7.92. The number of hydrogen-bond acceptors (Lipinski definition) is 3. The van der Waals surface area contributed by atoms with Gasteiger partial charge in [-0.3, -0.25) is 9.82 Å². The maximum Gasteiger partial charge on any atom is 0.265 e. The maximum atomic E-state index is 12.5. The Kier molecular flexibility index (Phi) is 3.60. The third-order valence-electron chi connectivity index (χ3n) is 3.41. The van der Waals surface area contributed by atoms with E-state index in [1.807, 2.05) is 32.9 Å². The highest BCUT2D eigenvalue weighted by Crippen LogP contribution is 2.25. The average molecular weight is 293 g/mol. The Morgan fingerprint density at radius 3 is 2.15 bits per heavy atom. The number of aromatic nitrogens is 2. The number of nitrogens with one attached hydrogen (secondary N) is 2. The first-order valence-electron chi connectivity index (χ1n) is 6.34. The normalized spacial score (nSPS) is 11.7. The Hall–Kier alpha value is -1.82. The zero-order valence-electron chi connectivity index (χ0n) is 12.3. The SMILES string of the molecule is Cc1cc(C)c(NS(=O)(=O)c2c(C)n[nH]c2C)cc1C. The summed E-state index contributed by atoms with van der Waals surface area (Å²) in [6.45, 7) is 9.22. The van der Waals surface area contributed by atoms with Crippen LogP contribution in [0.2, 0.25) is 0 Å². The van der Waals surface area contributed by atoms with E-state index in [1.54, 1.807) is 13.8 Å². The van der Waals surface area contributed by atoms with Crippen molar-refractivity contribution in [2.75, 3.05) is 4.72 Å². The third kappa shape index (κ3) is 2.56. The van der Waals surface area contributed by atoms with Crippen LogP contribution in [0.15, 0.2) is 17.0 Å². The third-order valence-corrected chi connectivity index (χ3v) is 5.04. The van der Waals surface area contributed by atoms with Gasteiger partial charge in [-0.05, 0) is 57.4 Å². The maximum absolute atomic E-state index is 12.5. The minimum atomic E-state index is -3.63. The number of H-pyrrole nitrogens is 1. The molecule has 0 saturated heterocycles. The summed E-state index contributed by atoms with van der Waals surface area (Å²) in [6, 6.07) is 3.83. The largest absolute Gasteiger partial charge is 0.281 e. The van der Waals surface area contributed by atoms with E-state index in [0.717, 1.165) is 16.7 Å². The molecule has 0 spiro atoms.